The third-order valence-corrected chi connectivity index (χ3v) is 3.27. The highest BCUT2D eigenvalue weighted by atomic mass is 16.1. The van der Waals surface area contributed by atoms with Crippen LogP contribution in [0.4, 0.5) is 0 Å². The summed E-state index contributed by atoms with van der Waals surface area (Å²) >= 11 is 0. The average molecular weight is 229 g/mol. The summed E-state index contributed by atoms with van der Waals surface area (Å²) in [5.41, 5.74) is 0.709. The fourth-order valence-corrected chi connectivity index (χ4v) is 2.26. The van der Waals surface area contributed by atoms with Crippen molar-refractivity contribution < 1.29 is 4.79 Å². The number of benzene rings is 1. The second-order valence-electron chi connectivity index (χ2n) is 4.60. The van der Waals surface area contributed by atoms with Crippen molar-refractivity contribution in [1.82, 2.24) is 5.32 Å². The second kappa shape index (κ2) is 6.24. The first-order chi connectivity index (χ1) is 8.36. The normalized spacial score (nSPS) is 17.2. The Morgan fingerprint density at radius 2 is 1.82 bits per heavy atom. The molecule has 17 heavy (non-hydrogen) atoms. The standard InChI is InChI=1S/C15H19NO/c17-15(14-9-5-2-6-10-14)16-12-11-13-7-3-1-4-8-13/h2,5-6,9-13H,1,3-4,7-8H2,(H,16,17)/b12-11+. The molecule has 1 fully saturated rings. The van der Waals surface area contributed by atoms with Crippen LogP contribution in [0.3, 0.4) is 0 Å². The molecule has 0 aliphatic heterocycles. The Morgan fingerprint density at radius 1 is 1.12 bits per heavy atom. The van der Waals surface area contributed by atoms with Crippen molar-refractivity contribution in [2.75, 3.05) is 0 Å². The minimum Gasteiger partial charge on any atom is -0.329 e. The van der Waals surface area contributed by atoms with Crippen LogP contribution in [0.1, 0.15) is 42.5 Å². The number of allylic oxidation sites excluding steroid dienone is 1. The fourth-order valence-electron chi connectivity index (χ4n) is 2.26. The lowest BCUT2D eigenvalue weighted by Crippen LogP contribution is -2.17. The van der Waals surface area contributed by atoms with E-state index in [2.05, 4.69) is 11.4 Å². The van der Waals surface area contributed by atoms with Crippen LogP contribution in [0.2, 0.25) is 0 Å². The van der Waals surface area contributed by atoms with Crippen molar-refractivity contribution in [3.05, 3.63) is 48.2 Å². The number of nitrogens with one attached hydrogen (secondary N) is 1. The van der Waals surface area contributed by atoms with Gasteiger partial charge in [0, 0.05) is 11.8 Å². The molecule has 1 N–H and O–H groups in total. The summed E-state index contributed by atoms with van der Waals surface area (Å²) in [7, 11) is 0. The summed E-state index contributed by atoms with van der Waals surface area (Å²) in [6, 6.07) is 9.31. The molecule has 0 atom stereocenters. The van der Waals surface area contributed by atoms with Crippen LogP contribution < -0.4 is 5.32 Å². The minimum absolute atomic E-state index is 0.0299. The van der Waals surface area contributed by atoms with Gasteiger partial charge in [0.2, 0.25) is 0 Å². The lowest BCUT2D eigenvalue weighted by atomic mass is 9.89. The van der Waals surface area contributed by atoms with Gasteiger partial charge >= 0.3 is 0 Å². The predicted octanol–water partition coefficient (Wildman–Crippen LogP) is 3.51. The van der Waals surface area contributed by atoms with E-state index in [4.69, 9.17) is 0 Å². The van der Waals surface area contributed by atoms with Crippen LogP contribution in [0.5, 0.6) is 0 Å². The van der Waals surface area contributed by atoms with Gasteiger partial charge in [0.1, 0.15) is 0 Å². The molecule has 1 aromatic rings. The molecule has 2 rings (SSSR count). The molecule has 2 heteroatoms. The molecule has 90 valence electrons. The Labute approximate surface area is 103 Å². The van der Waals surface area contributed by atoms with Gasteiger partial charge in [-0.15, -0.1) is 0 Å². The zero-order chi connectivity index (χ0) is 11.9. The zero-order valence-electron chi connectivity index (χ0n) is 10.1. The smallest absolute Gasteiger partial charge is 0.255 e. The van der Waals surface area contributed by atoms with Gasteiger partial charge in [-0.05, 0) is 30.9 Å². The molecule has 0 aromatic heterocycles. The van der Waals surface area contributed by atoms with E-state index in [9.17, 15) is 4.79 Å². The topological polar surface area (TPSA) is 29.1 Å². The Bertz CT molecular complexity index is 377. The third kappa shape index (κ3) is 3.74. The van der Waals surface area contributed by atoms with Crippen molar-refractivity contribution in [2.45, 2.75) is 32.1 Å². The summed E-state index contributed by atoms with van der Waals surface area (Å²) in [5, 5.41) is 2.83. The van der Waals surface area contributed by atoms with E-state index in [1.54, 1.807) is 0 Å². The molecule has 0 unspecified atom stereocenters. The zero-order valence-corrected chi connectivity index (χ0v) is 10.1. The molecule has 1 aliphatic rings. The highest BCUT2D eigenvalue weighted by Crippen LogP contribution is 2.24. The molecular weight excluding hydrogens is 210 g/mol. The van der Waals surface area contributed by atoms with Gasteiger partial charge in [-0.2, -0.15) is 0 Å². The first-order valence-corrected chi connectivity index (χ1v) is 6.39. The van der Waals surface area contributed by atoms with E-state index >= 15 is 0 Å². The molecule has 2 nitrogen and oxygen atoms in total. The number of amides is 1. The third-order valence-electron chi connectivity index (χ3n) is 3.27. The van der Waals surface area contributed by atoms with E-state index in [-0.39, 0.29) is 5.91 Å². The molecule has 0 saturated heterocycles. The molecule has 1 aliphatic carbocycles. The second-order valence-corrected chi connectivity index (χ2v) is 4.60. The highest BCUT2D eigenvalue weighted by molar-refractivity contribution is 5.94. The lowest BCUT2D eigenvalue weighted by molar-refractivity contribution is 0.0970. The van der Waals surface area contributed by atoms with Gasteiger partial charge in [-0.1, -0.05) is 43.5 Å². The van der Waals surface area contributed by atoms with Crippen molar-refractivity contribution in [1.29, 1.82) is 0 Å². The number of carbonyl (C=O) groups is 1. The van der Waals surface area contributed by atoms with Crippen LogP contribution in [0.25, 0.3) is 0 Å². The van der Waals surface area contributed by atoms with Gasteiger partial charge in [0.25, 0.3) is 5.91 Å². The highest BCUT2D eigenvalue weighted by Gasteiger charge is 2.09. The maximum Gasteiger partial charge on any atom is 0.255 e. The van der Waals surface area contributed by atoms with Crippen LogP contribution in [0, 0.1) is 5.92 Å². The molecule has 1 amide bonds. The summed E-state index contributed by atoms with van der Waals surface area (Å²) in [6.45, 7) is 0. The number of hydrogen-bond donors (Lipinski definition) is 1. The van der Waals surface area contributed by atoms with Crippen LogP contribution >= 0.6 is 0 Å². The van der Waals surface area contributed by atoms with Crippen molar-refractivity contribution in [3.8, 4) is 0 Å². The molecule has 0 bridgehead atoms. The number of carbonyl (C=O) groups excluding carboxylic acids is 1. The molecule has 1 aromatic carbocycles. The van der Waals surface area contributed by atoms with Crippen molar-refractivity contribution in [3.63, 3.8) is 0 Å². The Hall–Kier alpha value is -1.57. The van der Waals surface area contributed by atoms with Gasteiger partial charge in [-0.3, -0.25) is 4.79 Å². The van der Waals surface area contributed by atoms with E-state index in [1.807, 2.05) is 36.5 Å². The van der Waals surface area contributed by atoms with E-state index in [0.29, 0.717) is 11.5 Å². The van der Waals surface area contributed by atoms with E-state index in [0.717, 1.165) is 0 Å². The van der Waals surface area contributed by atoms with Gasteiger partial charge in [0.05, 0.1) is 0 Å². The largest absolute Gasteiger partial charge is 0.329 e. The Kier molecular flexibility index (Phi) is 4.37. The summed E-state index contributed by atoms with van der Waals surface area (Å²) in [5.74, 6) is 0.623. The minimum atomic E-state index is -0.0299. The molecule has 0 heterocycles. The summed E-state index contributed by atoms with van der Waals surface area (Å²) < 4.78 is 0. The van der Waals surface area contributed by atoms with E-state index < -0.39 is 0 Å². The predicted molar refractivity (Wildman–Crippen MR) is 69.6 cm³/mol. The molecule has 0 radical (unpaired) electrons. The van der Waals surface area contributed by atoms with Crippen LogP contribution in [-0.4, -0.2) is 5.91 Å². The van der Waals surface area contributed by atoms with E-state index in [1.165, 1.54) is 32.1 Å². The quantitative estimate of drug-likeness (QED) is 0.844. The average Bonchev–Trinajstić information content (AvgIpc) is 2.41. The summed E-state index contributed by atoms with van der Waals surface area (Å²) in [6.07, 6.45) is 10.5. The Balaban J connectivity index is 1.81. The van der Waals surface area contributed by atoms with Crippen LogP contribution in [-0.2, 0) is 0 Å². The fraction of sp³-hybridized carbons (Fsp3) is 0.400. The maximum absolute atomic E-state index is 11.7. The Morgan fingerprint density at radius 3 is 2.53 bits per heavy atom. The molecular formula is C15H19NO. The van der Waals surface area contributed by atoms with Gasteiger partial charge in [0.15, 0.2) is 0 Å². The van der Waals surface area contributed by atoms with Crippen molar-refractivity contribution >= 4 is 5.91 Å². The first kappa shape index (κ1) is 11.9. The first-order valence-electron chi connectivity index (χ1n) is 6.39. The van der Waals surface area contributed by atoms with Gasteiger partial charge < -0.3 is 5.32 Å². The molecule has 0 spiro atoms. The molecule has 1 saturated carbocycles. The lowest BCUT2D eigenvalue weighted by Gasteiger charge is -2.17. The number of hydrogen-bond acceptors (Lipinski definition) is 1. The number of rotatable bonds is 3. The van der Waals surface area contributed by atoms with Crippen molar-refractivity contribution in [2.24, 2.45) is 5.92 Å². The SMILES string of the molecule is O=C(N/C=C/C1CCCCC1)c1ccccc1. The maximum atomic E-state index is 11.7. The monoisotopic (exact) mass is 229 g/mol. The van der Waals surface area contributed by atoms with Gasteiger partial charge in [-0.25, -0.2) is 0 Å². The summed E-state index contributed by atoms with van der Waals surface area (Å²) in [4.78, 5) is 11.7. The van der Waals surface area contributed by atoms with Crippen LogP contribution in [0.15, 0.2) is 42.6 Å².